The Hall–Kier alpha value is -18.4. The van der Waals surface area contributed by atoms with Gasteiger partial charge >= 0.3 is 0 Å². The van der Waals surface area contributed by atoms with E-state index in [-0.39, 0.29) is 23.7 Å². The molecule has 0 saturated heterocycles. The maximum Gasteiger partial charge on any atom is 0.164 e. The average Bonchev–Trinajstić information content (AvgIpc) is 0.777. The van der Waals surface area contributed by atoms with E-state index in [1.54, 1.807) is 0 Å². The quantitative estimate of drug-likeness (QED) is 0.100. The molecule has 0 aliphatic heterocycles. The molecule has 0 amide bonds. The Morgan fingerprint density at radius 1 is 0.123 bits per heavy atom. The molecule has 24 aromatic rings. The maximum absolute atomic E-state index is 6.20. The number of hydrogen-bond acceptors (Lipinski definition) is 14. The molecule has 0 saturated carbocycles. The van der Waals surface area contributed by atoms with Crippen LogP contribution in [-0.2, 0) is 0 Å². The minimum atomic E-state index is 0.00728. The lowest BCUT2D eigenvalue weighted by atomic mass is 9.61. The third-order valence-electron chi connectivity index (χ3n) is 27.5. The molecule has 0 radical (unpaired) electrons. The van der Waals surface area contributed by atoms with Gasteiger partial charge < -0.3 is 8.83 Å². The summed E-state index contributed by atoms with van der Waals surface area (Å²) in [5.74, 6) is 7.64. The number of rotatable bonds is 14. The molecule has 0 N–H and O–H groups in total. The Bertz CT molecular complexity index is 8880. The van der Waals surface area contributed by atoms with Gasteiger partial charge in [-0.05, 0) is 156 Å². The smallest absolute Gasteiger partial charge is 0.164 e. The molecule has 14 heteroatoms. The maximum atomic E-state index is 6.20. The Morgan fingerprint density at radius 3 is 0.674 bits per heavy atom. The first-order valence-corrected chi connectivity index (χ1v) is 46.5. The molecule has 18 aromatic carbocycles. The van der Waals surface area contributed by atoms with Crippen LogP contribution in [0.3, 0.4) is 0 Å². The van der Waals surface area contributed by atoms with Gasteiger partial charge in [0.25, 0.3) is 0 Å². The topological polar surface area (TPSA) is 181 Å². The van der Waals surface area contributed by atoms with E-state index in [0.29, 0.717) is 69.9 Å². The first kappa shape index (κ1) is 79.4. The van der Waals surface area contributed by atoms with Crippen LogP contribution in [-0.4, -0.2) is 59.8 Å². The second kappa shape index (κ2) is 32.8. The lowest BCUT2D eigenvalue weighted by molar-refractivity contribution is 0.668. The fourth-order valence-corrected chi connectivity index (χ4v) is 21.1. The molecule has 4 atom stereocenters. The van der Waals surface area contributed by atoms with E-state index < -0.39 is 0 Å². The molecule has 30 rings (SSSR count). The van der Waals surface area contributed by atoms with Crippen LogP contribution in [0.1, 0.15) is 90.4 Å². The summed E-state index contributed by atoms with van der Waals surface area (Å²) in [6.07, 6.45) is 0. The zero-order valence-corrected chi connectivity index (χ0v) is 74.1. The van der Waals surface area contributed by atoms with Crippen LogP contribution in [0.2, 0.25) is 0 Å². The molecule has 6 heterocycles. The highest BCUT2D eigenvalue weighted by Gasteiger charge is 2.44. The van der Waals surface area contributed by atoms with Crippen LogP contribution in [0.4, 0.5) is 0 Å². The SMILES string of the molecule is c1ccc(-c2nc(-c3ccccc3)nc(-c3ccc4c(c3)C3c5ccccc5C4c4cc(-c5nc(-c6ccccc6)nc(-c6cccc(-c7ccc8oc9ccccc9c8c7)c6)n5)ccc43)n2)cc1.c1ccc(-c2nc(-c3ccccc3)nc(-c3ccc4c(c3)C3c5ccccc5C4c4cc(-c5nc(-c6ccccc6)nc(-c6ccccc6-c6ccc7oc8ccccc8c7c6)n5)ccc43)n2)cc1. The summed E-state index contributed by atoms with van der Waals surface area (Å²) in [5, 5.41) is 4.35. The number of aromatic nitrogens is 12. The number of para-hydroxylation sites is 2. The third-order valence-corrected chi connectivity index (χ3v) is 27.5. The monoisotopic (exact) mass is 1760 g/mol. The van der Waals surface area contributed by atoms with Gasteiger partial charge in [-0.3, -0.25) is 0 Å². The molecule has 0 fully saturated rings. The molecule has 6 aliphatic carbocycles. The first-order valence-electron chi connectivity index (χ1n) is 46.5. The number of furan rings is 2. The van der Waals surface area contributed by atoms with Gasteiger partial charge in [0.05, 0.1) is 0 Å². The zero-order chi connectivity index (χ0) is 90.8. The third kappa shape index (κ3) is 13.8. The highest BCUT2D eigenvalue weighted by atomic mass is 16.3. The highest BCUT2D eigenvalue weighted by molar-refractivity contribution is 6.08. The first-order chi connectivity index (χ1) is 68.3. The van der Waals surface area contributed by atoms with Crippen LogP contribution in [0.15, 0.2) is 446 Å². The zero-order valence-electron chi connectivity index (χ0n) is 74.1. The van der Waals surface area contributed by atoms with Crippen molar-refractivity contribution in [3.05, 3.63) is 504 Å². The van der Waals surface area contributed by atoms with E-state index >= 15 is 0 Å². The van der Waals surface area contributed by atoms with E-state index in [1.807, 2.05) is 182 Å². The minimum absolute atomic E-state index is 0.00728. The highest BCUT2D eigenvalue weighted by Crippen LogP contribution is 2.59. The Labute approximate surface area is 793 Å². The van der Waals surface area contributed by atoms with Crippen molar-refractivity contribution >= 4 is 43.9 Å². The normalized spacial score (nSPS) is 14.4. The number of benzene rings is 18. The Morgan fingerprint density at radius 2 is 0.341 bits per heavy atom. The summed E-state index contributed by atoms with van der Waals surface area (Å²) in [7, 11) is 0. The lowest BCUT2D eigenvalue weighted by Crippen LogP contribution is -2.27. The van der Waals surface area contributed by atoms with Gasteiger partial charge in [-0.1, -0.05) is 370 Å². The Balaban J connectivity index is 0.000000139. The standard InChI is InChI=1S/2C62H38N6O/c1-4-16-37(17-5-1)57-63-58(38-18-6-2-7-19-38)65-60(64-57)41-28-31-47-51(35-41)55-45-24-11-12-25-46(45)56(47)52-36-42(29-32-48(52)55)61-66-59(39-20-8-3-9-21-39)67-62(68-61)49-26-13-10-22-43(49)40-30-33-54-50(34-40)44-23-14-15-27-53(44)69-54;1-4-15-37(16-5-1)57-63-58(38-17-6-2-7-18-38)66-61(65-57)43-27-30-48-51(35-43)55-46-24-10-11-25-47(46)56(48)52-36-44(28-31-49(52)55)62-67-59(39-19-8-3-9-20-39)64-60(68-62)42-22-14-21-40(33-42)41-29-32-54-50(34-41)45-23-12-13-26-53(45)69-54/h2*1-36,55-56H. The van der Waals surface area contributed by atoms with Gasteiger partial charge in [-0.15, -0.1) is 0 Å². The van der Waals surface area contributed by atoms with Crippen molar-refractivity contribution in [2.75, 3.05) is 0 Å². The predicted octanol–water partition coefficient (Wildman–Crippen LogP) is 29.2. The molecule has 4 bridgehead atoms. The summed E-state index contributed by atoms with van der Waals surface area (Å²) in [6, 6.07) is 152. The van der Waals surface area contributed by atoms with Crippen LogP contribution < -0.4 is 0 Å². The number of hydrogen-bond donors (Lipinski definition) is 0. The Kier molecular flexibility index (Phi) is 18.9. The molecule has 6 aromatic heterocycles. The molecular formula is C124H76N12O2. The summed E-state index contributed by atoms with van der Waals surface area (Å²) in [6.45, 7) is 0. The van der Waals surface area contributed by atoms with Crippen molar-refractivity contribution in [1.82, 2.24) is 59.8 Å². The van der Waals surface area contributed by atoms with Gasteiger partial charge in [-0.25, -0.2) is 59.8 Å². The molecule has 0 spiro atoms. The van der Waals surface area contributed by atoms with Crippen molar-refractivity contribution in [2.45, 2.75) is 23.7 Å². The molecule has 138 heavy (non-hydrogen) atoms. The molecule has 6 aliphatic rings. The molecule has 644 valence electrons. The van der Waals surface area contributed by atoms with Gasteiger partial charge in [-0.2, -0.15) is 0 Å². The van der Waals surface area contributed by atoms with Gasteiger partial charge in [0.15, 0.2) is 69.9 Å². The van der Waals surface area contributed by atoms with Crippen molar-refractivity contribution in [2.24, 2.45) is 0 Å². The van der Waals surface area contributed by atoms with Gasteiger partial charge in [0.2, 0.25) is 0 Å². The summed E-state index contributed by atoms with van der Waals surface area (Å²) in [5.41, 5.74) is 34.5. The second-order valence-corrected chi connectivity index (χ2v) is 35.5. The van der Waals surface area contributed by atoms with Crippen molar-refractivity contribution in [3.63, 3.8) is 0 Å². The lowest BCUT2D eigenvalue weighted by Gasteiger charge is -2.42. The van der Waals surface area contributed by atoms with E-state index in [0.717, 1.165) is 133 Å². The number of fused-ring (bicyclic) bond motifs is 6. The van der Waals surface area contributed by atoms with Crippen LogP contribution in [0.25, 0.3) is 203 Å². The van der Waals surface area contributed by atoms with Crippen LogP contribution in [0.5, 0.6) is 0 Å². The van der Waals surface area contributed by atoms with E-state index in [9.17, 15) is 0 Å². The van der Waals surface area contributed by atoms with E-state index in [2.05, 4.69) is 255 Å². The minimum Gasteiger partial charge on any atom is -0.456 e. The van der Waals surface area contributed by atoms with Crippen LogP contribution in [0, 0.1) is 0 Å². The summed E-state index contributed by atoms with van der Waals surface area (Å²) in [4.78, 5) is 61.6. The van der Waals surface area contributed by atoms with Gasteiger partial charge in [0, 0.05) is 112 Å². The van der Waals surface area contributed by atoms with Gasteiger partial charge in [0.1, 0.15) is 22.3 Å². The van der Waals surface area contributed by atoms with Crippen molar-refractivity contribution < 1.29 is 8.83 Å². The molecule has 4 unspecified atom stereocenters. The van der Waals surface area contributed by atoms with Crippen molar-refractivity contribution in [1.29, 1.82) is 0 Å². The number of nitrogens with zero attached hydrogens (tertiary/aromatic N) is 12. The summed E-state index contributed by atoms with van der Waals surface area (Å²) < 4.78 is 12.4. The predicted molar refractivity (Wildman–Crippen MR) is 547 cm³/mol. The molecular weight excluding hydrogens is 1690 g/mol. The van der Waals surface area contributed by atoms with E-state index in [1.165, 1.54) is 66.8 Å². The molecule has 14 nitrogen and oxygen atoms in total. The summed E-state index contributed by atoms with van der Waals surface area (Å²) >= 11 is 0. The average molecular weight is 1770 g/mol. The van der Waals surface area contributed by atoms with Crippen LogP contribution >= 0.6 is 0 Å². The fourth-order valence-electron chi connectivity index (χ4n) is 21.1. The van der Waals surface area contributed by atoms with Crippen molar-refractivity contribution in [3.8, 4) is 159 Å². The fraction of sp³-hybridized carbons (Fsp3) is 0.0323. The second-order valence-electron chi connectivity index (χ2n) is 35.5. The van der Waals surface area contributed by atoms with E-state index in [4.69, 9.17) is 68.6 Å². The largest absolute Gasteiger partial charge is 0.456 e.